The average molecular weight is 272 g/mol. The van der Waals surface area contributed by atoms with Crippen LogP contribution in [-0.4, -0.2) is 34.9 Å². The lowest BCUT2D eigenvalue weighted by atomic mass is 9.98. The number of benzene rings is 1. The third-order valence-corrected chi connectivity index (χ3v) is 3.97. The molecular weight excluding hydrogens is 252 g/mol. The number of aromatic nitrogens is 1. The second kappa shape index (κ2) is 6.20. The highest BCUT2D eigenvalue weighted by atomic mass is 16.5. The molecule has 0 unspecified atom stereocenters. The minimum absolute atomic E-state index is 0.314. The monoisotopic (exact) mass is 272 g/mol. The summed E-state index contributed by atoms with van der Waals surface area (Å²) in [6.45, 7) is 3.16. The van der Waals surface area contributed by atoms with Crippen LogP contribution < -0.4 is 0 Å². The van der Waals surface area contributed by atoms with Gasteiger partial charge < -0.3 is 9.63 Å². The quantitative estimate of drug-likeness (QED) is 0.929. The van der Waals surface area contributed by atoms with Crippen molar-refractivity contribution in [2.45, 2.75) is 19.4 Å². The van der Waals surface area contributed by atoms with Gasteiger partial charge >= 0.3 is 0 Å². The Kier molecular flexibility index (Phi) is 4.14. The Morgan fingerprint density at radius 2 is 1.95 bits per heavy atom. The number of hydrogen-bond acceptors (Lipinski definition) is 4. The molecule has 0 radical (unpaired) electrons. The standard InChI is InChI=1S/C16H20N2O2/c19-12-13-6-8-18(9-7-13)11-15-10-16(17-20-15)14-4-2-1-3-5-14/h1-5,10,13,19H,6-9,11-12H2. The van der Waals surface area contributed by atoms with Crippen molar-refractivity contribution >= 4 is 0 Å². The highest BCUT2D eigenvalue weighted by Crippen LogP contribution is 2.22. The summed E-state index contributed by atoms with van der Waals surface area (Å²) in [5, 5.41) is 13.3. The molecule has 20 heavy (non-hydrogen) atoms. The van der Waals surface area contributed by atoms with Gasteiger partial charge in [0.05, 0.1) is 6.54 Å². The minimum Gasteiger partial charge on any atom is -0.396 e. The summed E-state index contributed by atoms with van der Waals surface area (Å²) in [4.78, 5) is 2.36. The first kappa shape index (κ1) is 13.3. The fourth-order valence-electron chi connectivity index (χ4n) is 2.68. The van der Waals surface area contributed by atoms with Crippen LogP contribution >= 0.6 is 0 Å². The van der Waals surface area contributed by atoms with E-state index in [0.717, 1.165) is 49.5 Å². The predicted octanol–water partition coefficient (Wildman–Crippen LogP) is 2.55. The van der Waals surface area contributed by atoms with E-state index < -0.39 is 0 Å². The van der Waals surface area contributed by atoms with Crippen molar-refractivity contribution in [2.75, 3.05) is 19.7 Å². The molecule has 1 aliphatic heterocycles. The minimum atomic E-state index is 0.314. The Morgan fingerprint density at radius 1 is 1.20 bits per heavy atom. The second-order valence-corrected chi connectivity index (χ2v) is 5.45. The lowest BCUT2D eigenvalue weighted by Gasteiger charge is -2.30. The van der Waals surface area contributed by atoms with Crippen LogP contribution in [0.25, 0.3) is 11.3 Å². The molecule has 0 aliphatic carbocycles. The number of nitrogens with zero attached hydrogens (tertiary/aromatic N) is 2. The molecule has 0 bridgehead atoms. The van der Waals surface area contributed by atoms with E-state index in [2.05, 4.69) is 10.1 Å². The molecular formula is C16H20N2O2. The molecule has 0 amide bonds. The fourth-order valence-corrected chi connectivity index (χ4v) is 2.68. The summed E-state index contributed by atoms with van der Waals surface area (Å²) in [5.74, 6) is 1.38. The number of hydrogen-bond donors (Lipinski definition) is 1. The molecule has 1 aromatic heterocycles. The Bertz CT molecular complexity index is 530. The van der Waals surface area contributed by atoms with Gasteiger partial charge in [-0.1, -0.05) is 35.5 Å². The summed E-state index contributed by atoms with van der Waals surface area (Å²) < 4.78 is 5.43. The van der Waals surface area contributed by atoms with Gasteiger partial charge in [0.15, 0.2) is 5.76 Å². The summed E-state index contributed by atoms with van der Waals surface area (Å²) >= 11 is 0. The maximum Gasteiger partial charge on any atom is 0.151 e. The first-order valence-corrected chi connectivity index (χ1v) is 7.19. The Morgan fingerprint density at radius 3 is 2.65 bits per heavy atom. The van der Waals surface area contributed by atoms with Crippen molar-refractivity contribution < 1.29 is 9.63 Å². The van der Waals surface area contributed by atoms with Crippen LogP contribution in [0.1, 0.15) is 18.6 Å². The Labute approximate surface area is 119 Å². The maximum atomic E-state index is 9.15. The normalized spacial score (nSPS) is 17.4. The second-order valence-electron chi connectivity index (χ2n) is 5.45. The predicted molar refractivity (Wildman–Crippen MR) is 77.0 cm³/mol. The van der Waals surface area contributed by atoms with E-state index in [-0.39, 0.29) is 0 Å². The lowest BCUT2D eigenvalue weighted by Crippen LogP contribution is -2.34. The molecule has 1 N–H and O–H groups in total. The fraction of sp³-hybridized carbons (Fsp3) is 0.438. The van der Waals surface area contributed by atoms with E-state index in [1.54, 1.807) is 0 Å². The number of aliphatic hydroxyl groups excluding tert-OH is 1. The van der Waals surface area contributed by atoms with Crippen molar-refractivity contribution in [3.63, 3.8) is 0 Å². The molecule has 4 heteroatoms. The van der Waals surface area contributed by atoms with Crippen molar-refractivity contribution in [3.8, 4) is 11.3 Å². The van der Waals surface area contributed by atoms with E-state index in [1.807, 2.05) is 36.4 Å². The molecule has 2 heterocycles. The van der Waals surface area contributed by atoms with Gasteiger partial charge in [-0.25, -0.2) is 0 Å². The van der Waals surface area contributed by atoms with Gasteiger partial charge in [0.1, 0.15) is 5.69 Å². The van der Waals surface area contributed by atoms with Gasteiger partial charge in [-0.05, 0) is 31.8 Å². The van der Waals surface area contributed by atoms with Crippen molar-refractivity contribution in [1.29, 1.82) is 0 Å². The zero-order valence-electron chi connectivity index (χ0n) is 11.5. The van der Waals surface area contributed by atoms with E-state index >= 15 is 0 Å². The lowest BCUT2D eigenvalue weighted by molar-refractivity contribution is 0.120. The first-order chi connectivity index (χ1) is 9.85. The zero-order chi connectivity index (χ0) is 13.8. The molecule has 0 spiro atoms. The van der Waals surface area contributed by atoms with Gasteiger partial charge in [0.25, 0.3) is 0 Å². The molecule has 4 nitrogen and oxygen atoms in total. The third kappa shape index (κ3) is 3.08. The molecule has 1 fully saturated rings. The number of likely N-dealkylation sites (tertiary alicyclic amines) is 1. The first-order valence-electron chi connectivity index (χ1n) is 7.19. The number of aliphatic hydroxyl groups is 1. The summed E-state index contributed by atoms with van der Waals surface area (Å²) in [6, 6.07) is 12.1. The van der Waals surface area contributed by atoms with Crippen molar-refractivity contribution in [2.24, 2.45) is 5.92 Å². The molecule has 2 aromatic rings. The van der Waals surface area contributed by atoms with E-state index in [0.29, 0.717) is 12.5 Å². The Hall–Kier alpha value is -1.65. The van der Waals surface area contributed by atoms with Crippen molar-refractivity contribution in [3.05, 3.63) is 42.2 Å². The molecule has 0 saturated carbocycles. The highest BCUT2D eigenvalue weighted by Gasteiger charge is 2.19. The molecule has 1 aromatic carbocycles. The molecule has 1 aliphatic rings. The topological polar surface area (TPSA) is 49.5 Å². The zero-order valence-corrected chi connectivity index (χ0v) is 11.5. The highest BCUT2D eigenvalue weighted by molar-refractivity contribution is 5.58. The van der Waals surface area contributed by atoms with Crippen LogP contribution in [-0.2, 0) is 6.54 Å². The van der Waals surface area contributed by atoms with Gasteiger partial charge in [-0.3, -0.25) is 4.90 Å². The van der Waals surface area contributed by atoms with Crippen LogP contribution in [0.5, 0.6) is 0 Å². The number of rotatable bonds is 4. The van der Waals surface area contributed by atoms with Gasteiger partial charge in [0, 0.05) is 18.2 Å². The summed E-state index contributed by atoms with van der Waals surface area (Å²) in [5.41, 5.74) is 1.98. The average Bonchev–Trinajstić information content (AvgIpc) is 2.97. The Balaban J connectivity index is 1.61. The largest absolute Gasteiger partial charge is 0.396 e. The van der Waals surface area contributed by atoms with E-state index in [4.69, 9.17) is 9.63 Å². The van der Waals surface area contributed by atoms with Gasteiger partial charge in [-0.2, -0.15) is 0 Å². The van der Waals surface area contributed by atoms with Crippen LogP contribution in [0.15, 0.2) is 40.9 Å². The molecule has 3 rings (SSSR count). The van der Waals surface area contributed by atoms with Crippen molar-refractivity contribution in [1.82, 2.24) is 10.1 Å². The smallest absolute Gasteiger partial charge is 0.151 e. The van der Waals surface area contributed by atoms with E-state index in [1.165, 1.54) is 0 Å². The van der Waals surface area contributed by atoms with Crippen LogP contribution in [0.4, 0.5) is 0 Å². The third-order valence-electron chi connectivity index (χ3n) is 3.97. The van der Waals surface area contributed by atoms with Crippen LogP contribution in [0.3, 0.4) is 0 Å². The molecule has 1 saturated heterocycles. The van der Waals surface area contributed by atoms with Crippen LogP contribution in [0, 0.1) is 5.92 Å². The summed E-state index contributed by atoms with van der Waals surface area (Å²) in [6.07, 6.45) is 2.13. The van der Waals surface area contributed by atoms with Crippen LogP contribution in [0.2, 0.25) is 0 Å². The summed E-state index contributed by atoms with van der Waals surface area (Å²) in [7, 11) is 0. The van der Waals surface area contributed by atoms with Gasteiger partial charge in [-0.15, -0.1) is 0 Å². The molecule has 106 valence electrons. The maximum absolute atomic E-state index is 9.15. The number of piperidine rings is 1. The molecule has 0 atom stereocenters. The van der Waals surface area contributed by atoms with Gasteiger partial charge in [0.2, 0.25) is 0 Å². The SMILES string of the molecule is OCC1CCN(Cc2cc(-c3ccccc3)no2)CC1. The van der Waals surface area contributed by atoms with E-state index in [9.17, 15) is 0 Å².